The number of hydrogen-bond donors (Lipinski definition) is 2. The van der Waals surface area contributed by atoms with Gasteiger partial charge >= 0.3 is 6.09 Å². The van der Waals surface area contributed by atoms with E-state index in [-0.39, 0.29) is 12.1 Å². The van der Waals surface area contributed by atoms with Gasteiger partial charge in [-0.2, -0.15) is 4.98 Å². The van der Waals surface area contributed by atoms with E-state index in [0.29, 0.717) is 5.95 Å². The highest BCUT2D eigenvalue weighted by Gasteiger charge is 2.25. The lowest BCUT2D eigenvalue weighted by molar-refractivity contribution is 0.167. The molecular weight excluding hydrogens is 258 g/mol. The molecule has 110 valence electrons. The van der Waals surface area contributed by atoms with Gasteiger partial charge in [0.05, 0.1) is 13.2 Å². The van der Waals surface area contributed by atoms with Crippen molar-refractivity contribution in [3.8, 4) is 0 Å². The number of methoxy groups -OCH3 is 1. The Bertz CT molecular complexity index is 454. The highest BCUT2D eigenvalue weighted by atomic mass is 16.5. The van der Waals surface area contributed by atoms with Crippen LogP contribution in [0.1, 0.15) is 19.8 Å². The van der Waals surface area contributed by atoms with Gasteiger partial charge in [0.15, 0.2) is 0 Å². The summed E-state index contributed by atoms with van der Waals surface area (Å²) in [6.45, 7) is 4.55. The van der Waals surface area contributed by atoms with Crippen LogP contribution in [0.4, 0.5) is 16.6 Å². The van der Waals surface area contributed by atoms with Gasteiger partial charge in [-0.1, -0.05) is 6.92 Å². The molecule has 1 aromatic heterocycles. The lowest BCUT2D eigenvalue weighted by Gasteiger charge is -2.18. The van der Waals surface area contributed by atoms with E-state index in [4.69, 9.17) is 0 Å². The molecule has 1 aliphatic heterocycles. The molecule has 0 aliphatic carbocycles. The van der Waals surface area contributed by atoms with E-state index >= 15 is 0 Å². The van der Waals surface area contributed by atoms with Gasteiger partial charge in [-0.25, -0.2) is 9.78 Å². The van der Waals surface area contributed by atoms with E-state index in [1.807, 2.05) is 6.07 Å². The second kappa shape index (κ2) is 6.93. The molecule has 7 heteroatoms. The lowest BCUT2D eigenvalue weighted by atomic mass is 10.3. The second-order valence-electron chi connectivity index (χ2n) is 4.73. The number of carbonyl (C=O) groups is 1. The van der Waals surface area contributed by atoms with E-state index < -0.39 is 0 Å². The number of hydrogen-bond acceptors (Lipinski definition) is 6. The molecule has 1 aliphatic rings. The topological polar surface area (TPSA) is 79.4 Å². The molecule has 1 fully saturated rings. The molecular formula is C13H21N5O2. The van der Waals surface area contributed by atoms with Crippen LogP contribution in [0, 0.1) is 0 Å². The first-order valence-corrected chi connectivity index (χ1v) is 6.89. The predicted molar refractivity (Wildman–Crippen MR) is 77.0 cm³/mol. The number of anilines is 2. The Labute approximate surface area is 118 Å². The summed E-state index contributed by atoms with van der Waals surface area (Å²) in [7, 11) is 1.37. The molecule has 1 saturated heterocycles. The van der Waals surface area contributed by atoms with Crippen LogP contribution in [0.5, 0.6) is 0 Å². The third kappa shape index (κ3) is 3.72. The zero-order chi connectivity index (χ0) is 14.4. The normalized spacial score (nSPS) is 17.9. The van der Waals surface area contributed by atoms with Crippen LogP contribution in [-0.2, 0) is 4.74 Å². The summed E-state index contributed by atoms with van der Waals surface area (Å²) in [6, 6.07) is 1.99. The Hall–Kier alpha value is -2.05. The first-order valence-electron chi connectivity index (χ1n) is 6.89. The Balaban J connectivity index is 1.93. The van der Waals surface area contributed by atoms with Gasteiger partial charge < -0.3 is 20.3 Å². The molecule has 0 aromatic carbocycles. The zero-order valence-corrected chi connectivity index (χ0v) is 11.9. The summed E-state index contributed by atoms with van der Waals surface area (Å²) in [5, 5.41) is 5.99. The maximum Gasteiger partial charge on any atom is 0.407 e. The van der Waals surface area contributed by atoms with Crippen LogP contribution < -0.4 is 15.5 Å². The lowest BCUT2D eigenvalue weighted by Crippen LogP contribution is -2.37. The number of nitrogens with one attached hydrogen (secondary N) is 2. The molecule has 0 spiro atoms. The Morgan fingerprint density at radius 1 is 1.60 bits per heavy atom. The Morgan fingerprint density at radius 3 is 3.20 bits per heavy atom. The van der Waals surface area contributed by atoms with E-state index in [0.717, 1.165) is 38.3 Å². The molecule has 20 heavy (non-hydrogen) atoms. The molecule has 1 amide bonds. The van der Waals surface area contributed by atoms with E-state index in [1.54, 1.807) is 6.20 Å². The van der Waals surface area contributed by atoms with Crippen molar-refractivity contribution < 1.29 is 9.53 Å². The molecule has 2 heterocycles. The van der Waals surface area contributed by atoms with Crippen molar-refractivity contribution >= 4 is 17.9 Å². The fourth-order valence-electron chi connectivity index (χ4n) is 2.16. The van der Waals surface area contributed by atoms with Crippen LogP contribution in [0.15, 0.2) is 12.3 Å². The first-order chi connectivity index (χ1) is 9.72. The number of ether oxygens (including phenoxy) is 1. The minimum atomic E-state index is -0.384. The Morgan fingerprint density at radius 2 is 2.45 bits per heavy atom. The fourth-order valence-corrected chi connectivity index (χ4v) is 2.16. The molecule has 0 radical (unpaired) electrons. The predicted octanol–water partition coefficient (Wildman–Crippen LogP) is 1.23. The van der Waals surface area contributed by atoms with Gasteiger partial charge in [-0.05, 0) is 18.9 Å². The summed E-state index contributed by atoms with van der Waals surface area (Å²) in [6.07, 6.45) is 3.28. The molecule has 0 bridgehead atoms. The quantitative estimate of drug-likeness (QED) is 0.844. The van der Waals surface area contributed by atoms with Gasteiger partial charge in [-0.3, -0.25) is 0 Å². The molecule has 1 atom stereocenters. The van der Waals surface area contributed by atoms with Gasteiger partial charge in [0.25, 0.3) is 0 Å². The number of alkyl carbamates (subject to hydrolysis) is 1. The summed E-state index contributed by atoms with van der Waals surface area (Å²) in [5.74, 6) is 1.53. The van der Waals surface area contributed by atoms with Crippen molar-refractivity contribution in [1.29, 1.82) is 0 Å². The minimum absolute atomic E-state index is 0.101. The van der Waals surface area contributed by atoms with Crippen LogP contribution >= 0.6 is 0 Å². The van der Waals surface area contributed by atoms with Crippen LogP contribution in [0.2, 0.25) is 0 Å². The molecule has 2 N–H and O–H groups in total. The molecule has 0 saturated carbocycles. The van der Waals surface area contributed by atoms with Crippen molar-refractivity contribution in [2.24, 2.45) is 0 Å². The standard InChI is InChI=1S/C13H21N5O2/c1-3-6-14-12-15-7-4-11(17-12)18-8-5-10(9-18)16-13(19)20-2/h4,7,10H,3,5-6,8-9H2,1-2H3,(H,16,19)(H,14,15,17). The monoisotopic (exact) mass is 279 g/mol. The third-order valence-electron chi connectivity index (χ3n) is 3.19. The van der Waals surface area contributed by atoms with E-state index in [9.17, 15) is 4.79 Å². The third-order valence-corrected chi connectivity index (χ3v) is 3.19. The van der Waals surface area contributed by atoms with Crippen LogP contribution in [0.3, 0.4) is 0 Å². The van der Waals surface area contributed by atoms with Gasteiger partial charge in [0.1, 0.15) is 5.82 Å². The maximum atomic E-state index is 11.2. The summed E-state index contributed by atoms with van der Waals surface area (Å²) in [4.78, 5) is 22.0. The summed E-state index contributed by atoms with van der Waals surface area (Å²) in [5.41, 5.74) is 0. The number of carbonyl (C=O) groups excluding carboxylic acids is 1. The molecule has 1 aromatic rings. The SMILES string of the molecule is CCCNc1nccc(N2CCC(NC(=O)OC)C2)n1. The molecule has 2 rings (SSSR count). The van der Waals surface area contributed by atoms with Crippen molar-refractivity contribution in [2.45, 2.75) is 25.8 Å². The summed E-state index contributed by atoms with van der Waals surface area (Å²) < 4.78 is 4.61. The van der Waals surface area contributed by atoms with Gasteiger partial charge in [0.2, 0.25) is 5.95 Å². The number of amides is 1. The average Bonchev–Trinajstić information content (AvgIpc) is 2.93. The minimum Gasteiger partial charge on any atom is -0.453 e. The fraction of sp³-hybridized carbons (Fsp3) is 0.615. The first kappa shape index (κ1) is 14.4. The molecule has 1 unspecified atom stereocenters. The Kier molecular flexibility index (Phi) is 4.97. The maximum absolute atomic E-state index is 11.2. The number of rotatable bonds is 5. The number of aromatic nitrogens is 2. The van der Waals surface area contributed by atoms with Crippen molar-refractivity contribution in [3.05, 3.63) is 12.3 Å². The highest BCUT2D eigenvalue weighted by molar-refractivity contribution is 5.67. The van der Waals surface area contributed by atoms with E-state index in [1.165, 1.54) is 7.11 Å². The molecule has 7 nitrogen and oxygen atoms in total. The van der Waals surface area contributed by atoms with Gasteiger partial charge in [0, 0.05) is 25.8 Å². The zero-order valence-electron chi connectivity index (χ0n) is 11.9. The second-order valence-corrected chi connectivity index (χ2v) is 4.73. The van der Waals surface area contributed by atoms with Crippen molar-refractivity contribution in [1.82, 2.24) is 15.3 Å². The number of nitrogens with zero attached hydrogens (tertiary/aromatic N) is 3. The van der Waals surface area contributed by atoms with Crippen LogP contribution in [-0.4, -0.2) is 48.8 Å². The van der Waals surface area contributed by atoms with Crippen molar-refractivity contribution in [3.63, 3.8) is 0 Å². The smallest absolute Gasteiger partial charge is 0.407 e. The highest BCUT2D eigenvalue weighted by Crippen LogP contribution is 2.18. The summed E-state index contributed by atoms with van der Waals surface area (Å²) >= 11 is 0. The van der Waals surface area contributed by atoms with Crippen molar-refractivity contribution in [2.75, 3.05) is 37.0 Å². The van der Waals surface area contributed by atoms with Gasteiger partial charge in [-0.15, -0.1) is 0 Å². The van der Waals surface area contributed by atoms with E-state index in [2.05, 4.69) is 37.2 Å². The average molecular weight is 279 g/mol. The largest absolute Gasteiger partial charge is 0.453 e. The van der Waals surface area contributed by atoms with Crippen LogP contribution in [0.25, 0.3) is 0 Å².